The third-order valence-electron chi connectivity index (χ3n) is 2.56. The summed E-state index contributed by atoms with van der Waals surface area (Å²) in [5.41, 5.74) is 1.19. The highest BCUT2D eigenvalue weighted by atomic mass is 16.5. The zero-order valence-corrected chi connectivity index (χ0v) is 11.5. The maximum atomic E-state index is 5.67. The van der Waals surface area contributed by atoms with Crippen LogP contribution in [-0.2, 0) is 0 Å². The van der Waals surface area contributed by atoms with Crippen LogP contribution in [0.5, 0.6) is 5.75 Å². The van der Waals surface area contributed by atoms with Gasteiger partial charge in [0.25, 0.3) is 0 Å². The number of rotatable bonds is 6. The monoisotopic (exact) mass is 236 g/mol. The van der Waals surface area contributed by atoms with Gasteiger partial charge in [-0.1, -0.05) is 20.8 Å². The first kappa shape index (κ1) is 14.0. The minimum absolute atomic E-state index is 0.184. The van der Waals surface area contributed by atoms with Crippen molar-refractivity contribution in [2.45, 2.75) is 46.8 Å². The number of hydrogen-bond acceptors (Lipinski definition) is 3. The molecule has 3 nitrogen and oxygen atoms in total. The molecule has 0 aromatic carbocycles. The molecule has 0 radical (unpaired) electrons. The average molecular weight is 236 g/mol. The zero-order chi connectivity index (χ0) is 12.8. The van der Waals surface area contributed by atoms with E-state index >= 15 is 0 Å². The first-order valence-electron chi connectivity index (χ1n) is 6.39. The van der Waals surface area contributed by atoms with Gasteiger partial charge in [-0.25, -0.2) is 0 Å². The Balaban J connectivity index is 2.87. The van der Waals surface area contributed by atoms with Crippen molar-refractivity contribution < 1.29 is 4.74 Å². The molecule has 0 aliphatic rings. The SMILES string of the molecule is CCNC(c1cncc(OC(C)C)c1)C(C)C. The van der Waals surface area contributed by atoms with E-state index in [1.165, 1.54) is 5.56 Å². The fraction of sp³-hybridized carbons (Fsp3) is 0.643. The van der Waals surface area contributed by atoms with Gasteiger partial charge in [-0.3, -0.25) is 4.98 Å². The first-order chi connectivity index (χ1) is 8.04. The Bertz CT molecular complexity index is 337. The second kappa shape index (κ2) is 6.60. The number of aromatic nitrogens is 1. The van der Waals surface area contributed by atoms with Gasteiger partial charge >= 0.3 is 0 Å². The van der Waals surface area contributed by atoms with Crippen LogP contribution < -0.4 is 10.1 Å². The van der Waals surface area contributed by atoms with Crippen LogP contribution in [0.15, 0.2) is 18.5 Å². The molecule has 96 valence electrons. The number of pyridine rings is 1. The summed E-state index contributed by atoms with van der Waals surface area (Å²) in [4.78, 5) is 4.26. The van der Waals surface area contributed by atoms with E-state index in [4.69, 9.17) is 4.74 Å². The summed E-state index contributed by atoms with van der Waals surface area (Å²) in [6.45, 7) is 11.6. The van der Waals surface area contributed by atoms with Gasteiger partial charge in [-0.15, -0.1) is 0 Å². The Hall–Kier alpha value is -1.09. The molecule has 1 heterocycles. The second-order valence-electron chi connectivity index (χ2n) is 4.90. The van der Waals surface area contributed by atoms with E-state index in [0.29, 0.717) is 12.0 Å². The smallest absolute Gasteiger partial charge is 0.138 e. The Kier molecular flexibility index (Phi) is 5.42. The van der Waals surface area contributed by atoms with Gasteiger partial charge in [-0.2, -0.15) is 0 Å². The highest BCUT2D eigenvalue weighted by Crippen LogP contribution is 2.24. The fourth-order valence-corrected chi connectivity index (χ4v) is 1.90. The molecule has 0 saturated heterocycles. The van der Waals surface area contributed by atoms with Crippen molar-refractivity contribution in [2.75, 3.05) is 6.54 Å². The van der Waals surface area contributed by atoms with E-state index < -0.39 is 0 Å². The Morgan fingerprint density at radius 1 is 1.24 bits per heavy atom. The third-order valence-corrected chi connectivity index (χ3v) is 2.56. The molecular weight excluding hydrogens is 212 g/mol. The van der Waals surface area contributed by atoms with Crippen molar-refractivity contribution in [3.8, 4) is 5.75 Å². The average Bonchev–Trinajstić information content (AvgIpc) is 2.24. The summed E-state index contributed by atoms with van der Waals surface area (Å²) in [6, 6.07) is 2.42. The van der Waals surface area contributed by atoms with Crippen molar-refractivity contribution in [1.82, 2.24) is 10.3 Å². The molecule has 1 rings (SSSR count). The minimum Gasteiger partial charge on any atom is -0.489 e. The molecule has 1 N–H and O–H groups in total. The van der Waals surface area contributed by atoms with Crippen LogP contribution >= 0.6 is 0 Å². The molecule has 17 heavy (non-hydrogen) atoms. The van der Waals surface area contributed by atoms with E-state index in [1.807, 2.05) is 20.0 Å². The molecule has 0 saturated carbocycles. The largest absolute Gasteiger partial charge is 0.489 e. The predicted molar refractivity (Wildman–Crippen MR) is 71.3 cm³/mol. The minimum atomic E-state index is 0.184. The summed E-state index contributed by atoms with van der Waals surface area (Å²) >= 11 is 0. The van der Waals surface area contributed by atoms with Gasteiger partial charge in [0.2, 0.25) is 0 Å². The Morgan fingerprint density at radius 3 is 2.47 bits per heavy atom. The summed E-state index contributed by atoms with van der Waals surface area (Å²) in [5.74, 6) is 1.38. The fourth-order valence-electron chi connectivity index (χ4n) is 1.90. The lowest BCUT2D eigenvalue weighted by atomic mass is 9.97. The molecule has 1 aromatic rings. The van der Waals surface area contributed by atoms with Gasteiger partial charge in [0.15, 0.2) is 0 Å². The van der Waals surface area contributed by atoms with Gasteiger partial charge in [0, 0.05) is 12.2 Å². The summed E-state index contributed by atoms with van der Waals surface area (Å²) in [7, 11) is 0. The van der Waals surface area contributed by atoms with E-state index in [-0.39, 0.29) is 6.10 Å². The summed E-state index contributed by atoms with van der Waals surface area (Å²) < 4.78 is 5.67. The van der Waals surface area contributed by atoms with Crippen molar-refractivity contribution in [1.29, 1.82) is 0 Å². The van der Waals surface area contributed by atoms with E-state index in [1.54, 1.807) is 6.20 Å². The number of hydrogen-bond donors (Lipinski definition) is 1. The van der Waals surface area contributed by atoms with E-state index in [9.17, 15) is 0 Å². The molecule has 1 aromatic heterocycles. The summed E-state index contributed by atoms with van der Waals surface area (Å²) in [5, 5.41) is 3.48. The standard InChI is InChI=1S/C14H24N2O/c1-6-16-14(10(2)3)12-7-13(9-15-8-12)17-11(4)5/h7-11,14,16H,6H2,1-5H3. The van der Waals surface area contributed by atoms with E-state index in [0.717, 1.165) is 12.3 Å². The lowest BCUT2D eigenvalue weighted by molar-refractivity contribution is 0.240. The number of nitrogens with one attached hydrogen (secondary N) is 1. The molecule has 1 unspecified atom stereocenters. The van der Waals surface area contributed by atoms with Crippen LogP contribution in [0.25, 0.3) is 0 Å². The first-order valence-corrected chi connectivity index (χ1v) is 6.39. The predicted octanol–water partition coefficient (Wildman–Crippen LogP) is 3.18. The van der Waals surface area contributed by atoms with Gasteiger partial charge in [0.05, 0.1) is 12.3 Å². The molecule has 0 fully saturated rings. The lowest BCUT2D eigenvalue weighted by Crippen LogP contribution is -2.25. The molecule has 3 heteroatoms. The highest BCUT2D eigenvalue weighted by molar-refractivity contribution is 5.26. The molecule has 0 spiro atoms. The van der Waals surface area contributed by atoms with Crippen molar-refractivity contribution in [3.63, 3.8) is 0 Å². The van der Waals surface area contributed by atoms with Crippen LogP contribution in [-0.4, -0.2) is 17.6 Å². The molecule has 0 aliphatic carbocycles. The van der Waals surface area contributed by atoms with Crippen molar-refractivity contribution in [3.05, 3.63) is 24.0 Å². The van der Waals surface area contributed by atoms with Crippen molar-refractivity contribution >= 4 is 0 Å². The van der Waals surface area contributed by atoms with Crippen LogP contribution in [0.4, 0.5) is 0 Å². The Morgan fingerprint density at radius 2 is 1.94 bits per heavy atom. The second-order valence-corrected chi connectivity index (χ2v) is 4.90. The summed E-state index contributed by atoms with van der Waals surface area (Å²) in [6.07, 6.45) is 3.87. The normalized spacial score (nSPS) is 13.1. The molecular formula is C14H24N2O. The number of nitrogens with zero attached hydrogens (tertiary/aromatic N) is 1. The number of ether oxygens (including phenoxy) is 1. The van der Waals surface area contributed by atoms with Crippen LogP contribution in [0.3, 0.4) is 0 Å². The molecule has 0 bridgehead atoms. The van der Waals surface area contributed by atoms with Crippen LogP contribution in [0.1, 0.15) is 46.2 Å². The molecule has 0 amide bonds. The molecule has 1 atom stereocenters. The van der Waals surface area contributed by atoms with Gasteiger partial charge in [0.1, 0.15) is 5.75 Å². The van der Waals surface area contributed by atoms with Crippen LogP contribution in [0, 0.1) is 5.92 Å². The third kappa shape index (κ3) is 4.35. The van der Waals surface area contributed by atoms with Gasteiger partial charge < -0.3 is 10.1 Å². The lowest BCUT2D eigenvalue weighted by Gasteiger charge is -2.22. The zero-order valence-electron chi connectivity index (χ0n) is 11.5. The van der Waals surface area contributed by atoms with Crippen LogP contribution in [0.2, 0.25) is 0 Å². The van der Waals surface area contributed by atoms with Gasteiger partial charge in [-0.05, 0) is 37.9 Å². The van der Waals surface area contributed by atoms with Crippen molar-refractivity contribution in [2.24, 2.45) is 5.92 Å². The topological polar surface area (TPSA) is 34.2 Å². The molecule has 0 aliphatic heterocycles. The maximum absolute atomic E-state index is 5.67. The quantitative estimate of drug-likeness (QED) is 0.823. The maximum Gasteiger partial charge on any atom is 0.138 e. The van der Waals surface area contributed by atoms with E-state index in [2.05, 4.69) is 37.1 Å². The highest BCUT2D eigenvalue weighted by Gasteiger charge is 2.15. The Labute approximate surface area is 105 Å².